The summed E-state index contributed by atoms with van der Waals surface area (Å²) in [7, 11) is 0. The Hall–Kier alpha value is -3.19. The molecule has 1 aliphatic rings. The Kier molecular flexibility index (Phi) is 5.08. The third-order valence-corrected chi connectivity index (χ3v) is 4.62. The van der Waals surface area contributed by atoms with E-state index in [4.69, 9.17) is 9.26 Å². The Bertz CT molecular complexity index is 957. The molecule has 0 aliphatic carbocycles. The molecule has 0 saturated carbocycles. The summed E-state index contributed by atoms with van der Waals surface area (Å²) in [6.07, 6.45) is -0.178. The quantitative estimate of drug-likeness (QED) is 0.744. The Morgan fingerprint density at radius 1 is 1.14 bits per heavy atom. The lowest BCUT2D eigenvalue weighted by Gasteiger charge is -2.37. The smallest absolute Gasteiger partial charge is 0.322 e. The number of carbonyl (C=O) groups is 1. The second-order valence-corrected chi connectivity index (χ2v) is 6.90. The first-order chi connectivity index (χ1) is 13.6. The molecule has 1 saturated heterocycles. The summed E-state index contributed by atoms with van der Waals surface area (Å²) in [5, 5.41) is 6.89. The molecule has 2 amide bonds. The number of ether oxygens (including phenoxy) is 1. The van der Waals surface area contributed by atoms with E-state index in [0.717, 1.165) is 11.1 Å². The Morgan fingerprint density at radius 3 is 2.71 bits per heavy atom. The van der Waals surface area contributed by atoms with Gasteiger partial charge in [0.1, 0.15) is 6.10 Å². The van der Waals surface area contributed by atoms with Crippen LogP contribution in [0.15, 0.2) is 59.1 Å². The van der Waals surface area contributed by atoms with Gasteiger partial charge in [-0.25, -0.2) is 4.79 Å². The summed E-state index contributed by atoms with van der Waals surface area (Å²) >= 11 is 0. The van der Waals surface area contributed by atoms with Gasteiger partial charge < -0.3 is 19.5 Å². The van der Waals surface area contributed by atoms with E-state index in [9.17, 15) is 4.79 Å². The van der Waals surface area contributed by atoms with Gasteiger partial charge in [0.25, 0.3) is 0 Å². The van der Waals surface area contributed by atoms with Crippen molar-refractivity contribution in [2.45, 2.75) is 26.1 Å². The first-order valence-corrected chi connectivity index (χ1v) is 9.25. The normalized spacial score (nSPS) is 19.4. The Balaban J connectivity index is 1.47. The molecule has 4 rings (SSSR count). The fourth-order valence-corrected chi connectivity index (χ4v) is 3.32. The zero-order valence-electron chi connectivity index (χ0n) is 15.8. The van der Waals surface area contributed by atoms with Crippen LogP contribution < -0.4 is 5.32 Å². The minimum atomic E-state index is -0.155. The van der Waals surface area contributed by atoms with Crippen molar-refractivity contribution >= 4 is 11.7 Å². The lowest BCUT2D eigenvalue weighted by molar-refractivity contribution is -0.0642. The fraction of sp³-hybridized carbons (Fsp3) is 0.286. The molecular weight excluding hydrogens is 356 g/mol. The molecule has 1 aromatic heterocycles. The van der Waals surface area contributed by atoms with Gasteiger partial charge in [0.2, 0.25) is 11.7 Å². The maximum atomic E-state index is 12.9. The minimum Gasteiger partial charge on any atom is -0.367 e. The molecule has 0 radical (unpaired) electrons. The molecule has 0 bridgehead atoms. The number of rotatable bonds is 3. The number of aromatic nitrogens is 2. The SMILES string of the molecule is Cc1nc(-c2cccc(NC(=O)N3C[C@@H](c4ccccc4)O[C@@H](C)C3)c2)no1. The van der Waals surface area contributed by atoms with Crippen LogP contribution in [-0.4, -0.2) is 40.3 Å². The van der Waals surface area contributed by atoms with E-state index in [1.54, 1.807) is 11.8 Å². The van der Waals surface area contributed by atoms with E-state index < -0.39 is 0 Å². The summed E-state index contributed by atoms with van der Waals surface area (Å²) < 4.78 is 11.1. The number of urea groups is 1. The number of hydrogen-bond donors (Lipinski definition) is 1. The van der Waals surface area contributed by atoms with Crippen molar-refractivity contribution in [3.05, 3.63) is 66.1 Å². The number of aryl methyl sites for hydroxylation is 1. The van der Waals surface area contributed by atoms with Gasteiger partial charge in [-0.05, 0) is 24.6 Å². The summed E-state index contributed by atoms with van der Waals surface area (Å²) in [6, 6.07) is 17.2. The van der Waals surface area contributed by atoms with Gasteiger partial charge in [0.05, 0.1) is 12.6 Å². The average molecular weight is 378 g/mol. The van der Waals surface area contributed by atoms with E-state index in [1.165, 1.54) is 0 Å². The van der Waals surface area contributed by atoms with Gasteiger partial charge in [0, 0.05) is 24.7 Å². The molecule has 2 atom stereocenters. The third-order valence-electron chi connectivity index (χ3n) is 4.62. The van der Waals surface area contributed by atoms with Crippen LogP contribution in [0.2, 0.25) is 0 Å². The molecule has 2 heterocycles. The number of morpholine rings is 1. The monoisotopic (exact) mass is 378 g/mol. The topological polar surface area (TPSA) is 80.5 Å². The van der Waals surface area contributed by atoms with Gasteiger partial charge in [-0.2, -0.15) is 4.98 Å². The van der Waals surface area contributed by atoms with Gasteiger partial charge in [-0.1, -0.05) is 47.6 Å². The molecular formula is C21H22N4O3. The predicted molar refractivity (Wildman–Crippen MR) is 105 cm³/mol. The van der Waals surface area contributed by atoms with Crippen LogP contribution in [0.4, 0.5) is 10.5 Å². The van der Waals surface area contributed by atoms with E-state index in [1.807, 2.05) is 61.5 Å². The number of hydrogen-bond acceptors (Lipinski definition) is 5. The van der Waals surface area contributed by atoms with Crippen LogP contribution in [0.1, 0.15) is 24.5 Å². The maximum absolute atomic E-state index is 12.9. The Morgan fingerprint density at radius 2 is 1.96 bits per heavy atom. The predicted octanol–water partition coefficient (Wildman–Crippen LogP) is 4.04. The standard InChI is InChI=1S/C21H22N4O3/c1-14-12-25(13-19(27-14)16-7-4-3-5-8-16)21(26)23-18-10-6-9-17(11-18)20-22-15(2)28-24-20/h3-11,14,19H,12-13H2,1-2H3,(H,23,26)/t14-,19-/m0/s1. The van der Waals surface area contributed by atoms with Crippen LogP contribution in [0.3, 0.4) is 0 Å². The second kappa shape index (κ2) is 7.82. The van der Waals surface area contributed by atoms with Crippen molar-refractivity contribution in [3.63, 3.8) is 0 Å². The molecule has 28 heavy (non-hydrogen) atoms. The van der Waals surface area contributed by atoms with Crippen molar-refractivity contribution in [1.82, 2.24) is 15.0 Å². The lowest BCUT2D eigenvalue weighted by Crippen LogP contribution is -2.47. The van der Waals surface area contributed by atoms with E-state index >= 15 is 0 Å². The molecule has 0 spiro atoms. The van der Waals surface area contributed by atoms with E-state index in [2.05, 4.69) is 15.5 Å². The number of anilines is 1. The van der Waals surface area contributed by atoms with E-state index in [-0.39, 0.29) is 18.2 Å². The molecule has 0 unspecified atom stereocenters. The number of nitrogens with zero attached hydrogens (tertiary/aromatic N) is 3. The van der Waals surface area contributed by atoms with Crippen LogP contribution in [0.25, 0.3) is 11.4 Å². The van der Waals surface area contributed by atoms with Crippen molar-refractivity contribution in [2.75, 3.05) is 18.4 Å². The number of amides is 2. The second-order valence-electron chi connectivity index (χ2n) is 6.90. The molecule has 7 heteroatoms. The Labute approximate surface area is 163 Å². The summed E-state index contributed by atoms with van der Waals surface area (Å²) in [6.45, 7) is 4.77. The highest BCUT2D eigenvalue weighted by Gasteiger charge is 2.29. The van der Waals surface area contributed by atoms with E-state index in [0.29, 0.717) is 30.5 Å². The zero-order chi connectivity index (χ0) is 19.5. The lowest BCUT2D eigenvalue weighted by atomic mass is 10.1. The van der Waals surface area contributed by atoms with Crippen molar-refractivity contribution in [1.29, 1.82) is 0 Å². The largest absolute Gasteiger partial charge is 0.367 e. The summed E-state index contributed by atoms with van der Waals surface area (Å²) in [5.74, 6) is 0.997. The molecule has 1 N–H and O–H groups in total. The van der Waals surface area contributed by atoms with Gasteiger partial charge >= 0.3 is 6.03 Å². The average Bonchev–Trinajstić information content (AvgIpc) is 3.15. The first-order valence-electron chi connectivity index (χ1n) is 9.25. The number of nitrogens with one attached hydrogen (secondary N) is 1. The van der Waals surface area contributed by atoms with Crippen LogP contribution in [0.5, 0.6) is 0 Å². The molecule has 2 aromatic carbocycles. The third kappa shape index (κ3) is 4.04. The zero-order valence-corrected chi connectivity index (χ0v) is 15.8. The van der Waals surface area contributed by atoms with Crippen LogP contribution in [0, 0.1) is 6.92 Å². The highest BCUT2D eigenvalue weighted by atomic mass is 16.5. The van der Waals surface area contributed by atoms with Crippen LogP contribution in [-0.2, 0) is 4.74 Å². The number of benzene rings is 2. The molecule has 1 fully saturated rings. The summed E-state index contributed by atoms with van der Waals surface area (Å²) in [5.41, 5.74) is 2.54. The van der Waals surface area contributed by atoms with Crippen molar-refractivity contribution in [2.24, 2.45) is 0 Å². The molecule has 3 aromatic rings. The van der Waals surface area contributed by atoms with Crippen molar-refractivity contribution < 1.29 is 14.1 Å². The maximum Gasteiger partial charge on any atom is 0.322 e. The van der Waals surface area contributed by atoms with Crippen molar-refractivity contribution in [3.8, 4) is 11.4 Å². The van der Waals surface area contributed by atoms with Crippen LogP contribution >= 0.6 is 0 Å². The van der Waals surface area contributed by atoms with Gasteiger partial charge in [0.15, 0.2) is 0 Å². The van der Waals surface area contributed by atoms with Gasteiger partial charge in [-0.3, -0.25) is 0 Å². The molecule has 144 valence electrons. The fourth-order valence-electron chi connectivity index (χ4n) is 3.32. The first kappa shape index (κ1) is 18.2. The molecule has 1 aliphatic heterocycles. The number of carbonyl (C=O) groups excluding carboxylic acids is 1. The summed E-state index contributed by atoms with van der Waals surface area (Å²) in [4.78, 5) is 18.9. The highest BCUT2D eigenvalue weighted by Crippen LogP contribution is 2.26. The minimum absolute atomic E-state index is 0.0432. The highest BCUT2D eigenvalue weighted by molar-refractivity contribution is 5.90. The van der Waals surface area contributed by atoms with Gasteiger partial charge in [-0.15, -0.1) is 0 Å². The molecule has 7 nitrogen and oxygen atoms in total.